The highest BCUT2D eigenvalue weighted by Gasteiger charge is 2.29. The number of hydrogen-bond acceptors (Lipinski definition) is 6. The van der Waals surface area contributed by atoms with Gasteiger partial charge in [0, 0.05) is 37.6 Å². The van der Waals surface area contributed by atoms with Gasteiger partial charge in [0.2, 0.25) is 0 Å². The van der Waals surface area contributed by atoms with Gasteiger partial charge in [-0.15, -0.1) is 0 Å². The Morgan fingerprint density at radius 2 is 2.20 bits per heavy atom. The van der Waals surface area contributed by atoms with Crippen LogP contribution in [0.3, 0.4) is 0 Å². The van der Waals surface area contributed by atoms with E-state index < -0.39 is 0 Å². The maximum Gasteiger partial charge on any atom is 0.172 e. The van der Waals surface area contributed by atoms with Crippen molar-refractivity contribution >= 4 is 5.65 Å². The van der Waals surface area contributed by atoms with Crippen molar-refractivity contribution in [1.82, 2.24) is 29.7 Å². The number of ether oxygens (including phenoxy) is 1. The van der Waals surface area contributed by atoms with Crippen molar-refractivity contribution in [2.75, 3.05) is 0 Å². The lowest BCUT2D eigenvalue weighted by molar-refractivity contribution is 0.174. The predicted molar refractivity (Wildman–Crippen MR) is 89.8 cm³/mol. The summed E-state index contributed by atoms with van der Waals surface area (Å²) in [5, 5.41) is 20.9. The van der Waals surface area contributed by atoms with Crippen LogP contribution in [0.25, 0.3) is 5.65 Å². The highest BCUT2D eigenvalue weighted by Crippen LogP contribution is 2.24. The first-order chi connectivity index (χ1) is 12.2. The van der Waals surface area contributed by atoms with Crippen LogP contribution >= 0.6 is 0 Å². The first-order valence-corrected chi connectivity index (χ1v) is 8.34. The molecule has 1 fully saturated rings. The van der Waals surface area contributed by atoms with Crippen LogP contribution in [0.15, 0.2) is 31.0 Å². The third-order valence-corrected chi connectivity index (χ3v) is 4.52. The zero-order chi connectivity index (χ0) is 17.2. The Morgan fingerprint density at radius 1 is 1.28 bits per heavy atom. The number of nitrogens with zero attached hydrogens (tertiary/aromatic N) is 6. The maximum absolute atomic E-state index is 9.02. The van der Waals surface area contributed by atoms with Gasteiger partial charge in [-0.05, 0) is 19.3 Å². The maximum atomic E-state index is 9.02. The minimum Gasteiger partial charge on any atom is -0.486 e. The fraction of sp³-hybridized carbons (Fsp3) is 0.412. The largest absolute Gasteiger partial charge is 0.486 e. The molecule has 0 bridgehead atoms. The molecule has 1 N–H and O–H groups in total. The van der Waals surface area contributed by atoms with Crippen molar-refractivity contribution < 1.29 is 4.74 Å². The van der Waals surface area contributed by atoms with E-state index in [1.807, 2.05) is 19.4 Å². The van der Waals surface area contributed by atoms with E-state index in [2.05, 4.69) is 26.6 Å². The molecule has 3 aromatic rings. The quantitative estimate of drug-likeness (QED) is 0.757. The fourth-order valence-corrected chi connectivity index (χ4v) is 3.27. The second kappa shape index (κ2) is 6.53. The molecule has 3 aromatic heterocycles. The summed E-state index contributed by atoms with van der Waals surface area (Å²) in [5.41, 5.74) is 2.09. The minimum absolute atomic E-state index is 0.149. The Labute approximate surface area is 145 Å². The van der Waals surface area contributed by atoms with Crippen molar-refractivity contribution in [2.24, 2.45) is 7.05 Å². The van der Waals surface area contributed by atoms with Crippen molar-refractivity contribution in [3.63, 3.8) is 0 Å². The third kappa shape index (κ3) is 3.19. The average molecular weight is 337 g/mol. The summed E-state index contributed by atoms with van der Waals surface area (Å²) >= 11 is 0. The van der Waals surface area contributed by atoms with Crippen LogP contribution in [0.4, 0.5) is 0 Å². The van der Waals surface area contributed by atoms with Gasteiger partial charge in [0.25, 0.3) is 0 Å². The number of aromatic nitrogens is 5. The summed E-state index contributed by atoms with van der Waals surface area (Å²) in [4.78, 5) is 4.34. The lowest BCUT2D eigenvalue weighted by Gasteiger charge is -2.21. The zero-order valence-corrected chi connectivity index (χ0v) is 14.0. The molecule has 0 radical (unpaired) electrons. The standard InChI is InChI=1S/C17H19N7O/c1-23-11-14(9-21-23)25-16-4-2-3-15(16)19-6-12-7-20-17-13(5-18)8-22-24(17)10-12/h7-11,15-16,19H,2-4,6H2,1H3/t15-,16+/m0/s1. The summed E-state index contributed by atoms with van der Waals surface area (Å²) < 4.78 is 9.46. The molecule has 3 heterocycles. The van der Waals surface area contributed by atoms with Gasteiger partial charge in [-0.3, -0.25) is 4.68 Å². The van der Waals surface area contributed by atoms with Gasteiger partial charge >= 0.3 is 0 Å². The topological polar surface area (TPSA) is 93.1 Å². The van der Waals surface area contributed by atoms with Crippen LogP contribution in [0.2, 0.25) is 0 Å². The number of nitrogens with one attached hydrogen (secondary N) is 1. The molecule has 128 valence electrons. The minimum atomic E-state index is 0.149. The summed E-state index contributed by atoms with van der Waals surface area (Å²) in [7, 11) is 1.88. The van der Waals surface area contributed by atoms with Crippen LogP contribution in [-0.4, -0.2) is 36.5 Å². The van der Waals surface area contributed by atoms with E-state index in [-0.39, 0.29) is 6.10 Å². The number of fused-ring (bicyclic) bond motifs is 1. The van der Waals surface area contributed by atoms with Crippen molar-refractivity contribution in [3.8, 4) is 11.8 Å². The third-order valence-electron chi connectivity index (χ3n) is 4.52. The number of aryl methyl sites for hydroxylation is 1. The highest BCUT2D eigenvalue weighted by atomic mass is 16.5. The Bertz CT molecular complexity index is 923. The van der Waals surface area contributed by atoms with Crippen LogP contribution in [0, 0.1) is 11.3 Å². The number of hydrogen-bond donors (Lipinski definition) is 1. The van der Waals surface area contributed by atoms with Gasteiger partial charge in [-0.1, -0.05) is 0 Å². The molecular weight excluding hydrogens is 318 g/mol. The number of nitriles is 1. The summed E-state index contributed by atoms with van der Waals surface area (Å²) in [6.07, 6.45) is 12.3. The molecule has 0 amide bonds. The van der Waals surface area contributed by atoms with Crippen LogP contribution in [0.5, 0.6) is 5.75 Å². The SMILES string of the molecule is Cn1cc(O[C@@H]2CCC[C@@H]2NCc2cnc3c(C#N)cnn3c2)cn1. The van der Waals surface area contributed by atoms with E-state index in [9.17, 15) is 0 Å². The van der Waals surface area contributed by atoms with Gasteiger partial charge < -0.3 is 10.1 Å². The van der Waals surface area contributed by atoms with Crippen LogP contribution in [-0.2, 0) is 13.6 Å². The Balaban J connectivity index is 1.40. The molecule has 0 aliphatic heterocycles. The van der Waals surface area contributed by atoms with Gasteiger partial charge in [-0.25, -0.2) is 9.50 Å². The average Bonchev–Trinajstić information content (AvgIpc) is 3.33. The number of rotatable bonds is 5. The summed E-state index contributed by atoms with van der Waals surface area (Å²) in [6, 6.07) is 2.39. The van der Waals surface area contributed by atoms with Crippen LogP contribution in [0.1, 0.15) is 30.4 Å². The molecule has 25 heavy (non-hydrogen) atoms. The van der Waals surface area contributed by atoms with Crippen LogP contribution < -0.4 is 10.1 Å². The second-order valence-corrected chi connectivity index (χ2v) is 6.32. The molecule has 4 rings (SSSR count). The molecule has 0 aromatic carbocycles. The van der Waals surface area contributed by atoms with E-state index in [0.717, 1.165) is 30.6 Å². The van der Waals surface area contributed by atoms with Crippen molar-refractivity contribution in [3.05, 3.63) is 42.1 Å². The van der Waals surface area contributed by atoms with Gasteiger partial charge in [0.1, 0.15) is 17.7 Å². The van der Waals surface area contributed by atoms with E-state index in [1.165, 1.54) is 6.20 Å². The van der Waals surface area contributed by atoms with Crippen molar-refractivity contribution in [2.45, 2.75) is 38.0 Å². The molecule has 1 aliphatic rings. The lowest BCUT2D eigenvalue weighted by Crippen LogP contribution is -2.38. The van der Waals surface area contributed by atoms with Gasteiger partial charge in [-0.2, -0.15) is 15.5 Å². The Morgan fingerprint density at radius 3 is 3.00 bits per heavy atom. The normalized spacial score (nSPS) is 20.0. The zero-order valence-electron chi connectivity index (χ0n) is 14.0. The van der Waals surface area contributed by atoms with Crippen molar-refractivity contribution in [1.29, 1.82) is 5.26 Å². The van der Waals surface area contributed by atoms with Gasteiger partial charge in [0.15, 0.2) is 11.4 Å². The molecule has 8 nitrogen and oxygen atoms in total. The molecule has 8 heteroatoms. The van der Waals surface area contributed by atoms with Gasteiger partial charge in [0.05, 0.1) is 18.6 Å². The first-order valence-electron chi connectivity index (χ1n) is 8.34. The summed E-state index contributed by atoms with van der Waals surface area (Å²) in [6.45, 7) is 0.683. The Kier molecular flexibility index (Phi) is 4.07. The van der Waals surface area contributed by atoms with E-state index in [1.54, 1.807) is 21.6 Å². The fourth-order valence-electron chi connectivity index (χ4n) is 3.27. The lowest BCUT2D eigenvalue weighted by atomic mass is 10.2. The molecule has 0 saturated heterocycles. The highest BCUT2D eigenvalue weighted by molar-refractivity contribution is 5.53. The molecule has 0 spiro atoms. The molecular formula is C17H19N7O. The predicted octanol–water partition coefficient (Wildman–Crippen LogP) is 1.42. The Hall–Kier alpha value is -2.92. The van der Waals surface area contributed by atoms with E-state index in [0.29, 0.717) is 23.8 Å². The molecule has 2 atom stereocenters. The second-order valence-electron chi connectivity index (χ2n) is 6.32. The first kappa shape index (κ1) is 15.6. The molecule has 1 aliphatic carbocycles. The summed E-state index contributed by atoms with van der Waals surface area (Å²) in [5.74, 6) is 0.810. The molecule has 1 saturated carbocycles. The smallest absolute Gasteiger partial charge is 0.172 e. The monoisotopic (exact) mass is 337 g/mol. The van der Waals surface area contributed by atoms with E-state index >= 15 is 0 Å². The van der Waals surface area contributed by atoms with E-state index in [4.69, 9.17) is 10.00 Å². The molecule has 0 unspecified atom stereocenters.